The van der Waals surface area contributed by atoms with Gasteiger partial charge in [0.2, 0.25) is 0 Å². The lowest BCUT2D eigenvalue weighted by Crippen LogP contribution is -2.59. The number of piperidine rings is 2. The molecule has 2 aliphatic heterocycles. The molecule has 3 heteroatoms. The maximum atomic E-state index is 3.77. The molecule has 2 aliphatic rings. The molecular weight excluding hydrogens is 252 g/mol. The highest BCUT2D eigenvalue weighted by molar-refractivity contribution is 7.99. The zero-order valence-corrected chi connectivity index (χ0v) is 13.8. The fourth-order valence-corrected chi connectivity index (χ4v) is 4.78. The van der Waals surface area contributed by atoms with E-state index in [1.807, 2.05) is 0 Å². The van der Waals surface area contributed by atoms with Gasteiger partial charge in [-0.25, -0.2) is 0 Å². The van der Waals surface area contributed by atoms with Crippen molar-refractivity contribution in [2.75, 3.05) is 18.1 Å². The summed E-state index contributed by atoms with van der Waals surface area (Å²) in [6.45, 7) is 8.20. The monoisotopic (exact) mass is 284 g/mol. The Hall–Kier alpha value is 0.270. The predicted molar refractivity (Wildman–Crippen MR) is 87.0 cm³/mol. The largest absolute Gasteiger partial charge is 0.314 e. The minimum Gasteiger partial charge on any atom is -0.314 e. The second-order valence-electron chi connectivity index (χ2n) is 6.32. The molecule has 0 radical (unpaired) electrons. The minimum atomic E-state index is 0.771. The van der Waals surface area contributed by atoms with Gasteiger partial charge in [-0.1, -0.05) is 20.3 Å². The van der Waals surface area contributed by atoms with E-state index in [1.165, 1.54) is 56.6 Å². The average molecular weight is 285 g/mol. The van der Waals surface area contributed by atoms with Crippen molar-refractivity contribution in [1.29, 1.82) is 0 Å². The Kier molecular flexibility index (Phi) is 6.51. The average Bonchev–Trinajstić information content (AvgIpc) is 2.41. The number of rotatable bonds is 7. The van der Waals surface area contributed by atoms with Crippen molar-refractivity contribution in [3.63, 3.8) is 0 Å². The lowest BCUT2D eigenvalue weighted by atomic mass is 9.81. The summed E-state index contributed by atoms with van der Waals surface area (Å²) < 4.78 is 0. The fourth-order valence-electron chi connectivity index (χ4n) is 4.03. The summed E-state index contributed by atoms with van der Waals surface area (Å²) in [5, 5.41) is 3.77. The summed E-state index contributed by atoms with van der Waals surface area (Å²) >= 11 is 2.11. The highest BCUT2D eigenvalue weighted by atomic mass is 32.2. The first-order valence-corrected chi connectivity index (χ1v) is 9.50. The van der Waals surface area contributed by atoms with Gasteiger partial charge in [0.25, 0.3) is 0 Å². The van der Waals surface area contributed by atoms with Gasteiger partial charge >= 0.3 is 0 Å². The highest BCUT2D eigenvalue weighted by Gasteiger charge is 2.39. The van der Waals surface area contributed by atoms with E-state index in [4.69, 9.17) is 0 Å². The van der Waals surface area contributed by atoms with Crippen molar-refractivity contribution in [2.45, 2.75) is 83.5 Å². The molecule has 2 saturated heterocycles. The molecule has 2 heterocycles. The van der Waals surface area contributed by atoms with Crippen molar-refractivity contribution in [1.82, 2.24) is 10.2 Å². The molecule has 0 aromatic carbocycles. The quantitative estimate of drug-likeness (QED) is 0.770. The van der Waals surface area contributed by atoms with Gasteiger partial charge in [-0.05, 0) is 51.3 Å². The molecule has 3 atom stereocenters. The molecule has 2 nitrogen and oxygen atoms in total. The van der Waals surface area contributed by atoms with E-state index in [0.717, 1.165) is 24.2 Å². The van der Waals surface area contributed by atoms with Crippen LogP contribution < -0.4 is 5.32 Å². The first-order chi connectivity index (χ1) is 9.26. The second-order valence-corrected chi connectivity index (χ2v) is 7.64. The van der Waals surface area contributed by atoms with Crippen molar-refractivity contribution in [2.24, 2.45) is 0 Å². The number of nitrogens with one attached hydrogen (secondary N) is 1. The lowest BCUT2D eigenvalue weighted by molar-refractivity contribution is 0.00168. The van der Waals surface area contributed by atoms with E-state index in [9.17, 15) is 0 Å². The van der Waals surface area contributed by atoms with E-state index >= 15 is 0 Å². The number of fused-ring (bicyclic) bond motifs is 2. The Labute approximate surface area is 124 Å². The third-order valence-electron chi connectivity index (χ3n) is 4.79. The van der Waals surface area contributed by atoms with Gasteiger partial charge in [-0.3, -0.25) is 4.90 Å². The smallest absolute Gasteiger partial charge is 0.0163 e. The van der Waals surface area contributed by atoms with Crippen molar-refractivity contribution in [3.05, 3.63) is 0 Å². The number of hydrogen-bond donors (Lipinski definition) is 1. The number of thioether (sulfide) groups is 1. The Bertz CT molecular complexity index is 245. The first-order valence-electron chi connectivity index (χ1n) is 8.34. The molecule has 1 N–H and O–H groups in total. The molecule has 2 fully saturated rings. The molecule has 0 aromatic rings. The van der Waals surface area contributed by atoms with Crippen LogP contribution in [0.1, 0.15) is 59.3 Å². The normalized spacial score (nSPS) is 33.3. The van der Waals surface area contributed by atoms with E-state index in [-0.39, 0.29) is 0 Å². The summed E-state index contributed by atoms with van der Waals surface area (Å²) in [7, 11) is 0. The summed E-state index contributed by atoms with van der Waals surface area (Å²) in [5.74, 6) is 2.57. The molecule has 0 aliphatic carbocycles. The standard InChI is InChI=1S/C16H32N2S/c1-4-9-17-14-10-15-7-6-8-16(11-14)18(15)13(3)12-19-5-2/h13-17H,4-12H2,1-3H3. The molecule has 19 heavy (non-hydrogen) atoms. The van der Waals surface area contributed by atoms with Gasteiger partial charge in [-0.2, -0.15) is 11.8 Å². The predicted octanol–water partition coefficient (Wildman–Crippen LogP) is 3.51. The van der Waals surface area contributed by atoms with Crippen LogP contribution in [0.2, 0.25) is 0 Å². The van der Waals surface area contributed by atoms with Crippen LogP contribution in [0.5, 0.6) is 0 Å². The third-order valence-corrected chi connectivity index (χ3v) is 5.91. The van der Waals surface area contributed by atoms with Gasteiger partial charge in [0.05, 0.1) is 0 Å². The van der Waals surface area contributed by atoms with Crippen LogP contribution in [-0.2, 0) is 0 Å². The third kappa shape index (κ3) is 4.12. The van der Waals surface area contributed by atoms with Gasteiger partial charge < -0.3 is 5.32 Å². The highest BCUT2D eigenvalue weighted by Crippen LogP contribution is 2.36. The van der Waals surface area contributed by atoms with Crippen molar-refractivity contribution < 1.29 is 0 Å². The topological polar surface area (TPSA) is 15.3 Å². The summed E-state index contributed by atoms with van der Waals surface area (Å²) in [6, 6.07) is 3.27. The Morgan fingerprint density at radius 1 is 1.21 bits per heavy atom. The van der Waals surface area contributed by atoms with E-state index in [1.54, 1.807) is 0 Å². The van der Waals surface area contributed by atoms with E-state index in [0.29, 0.717) is 0 Å². The Morgan fingerprint density at radius 3 is 2.47 bits per heavy atom. The zero-order valence-electron chi connectivity index (χ0n) is 13.0. The molecule has 112 valence electrons. The molecular formula is C16H32N2S. The molecule has 3 unspecified atom stereocenters. The summed E-state index contributed by atoms with van der Waals surface area (Å²) in [6.07, 6.45) is 8.36. The molecule has 2 bridgehead atoms. The van der Waals surface area contributed by atoms with Gasteiger partial charge in [0.15, 0.2) is 0 Å². The van der Waals surface area contributed by atoms with E-state index in [2.05, 4.69) is 42.7 Å². The van der Waals surface area contributed by atoms with Gasteiger partial charge in [0.1, 0.15) is 0 Å². The molecule has 0 aromatic heterocycles. The minimum absolute atomic E-state index is 0.771. The second kappa shape index (κ2) is 7.90. The maximum Gasteiger partial charge on any atom is 0.0163 e. The number of hydrogen-bond acceptors (Lipinski definition) is 3. The molecule has 2 rings (SSSR count). The molecule has 0 saturated carbocycles. The van der Waals surface area contributed by atoms with Crippen molar-refractivity contribution in [3.8, 4) is 0 Å². The van der Waals surface area contributed by atoms with Crippen LogP contribution in [0.25, 0.3) is 0 Å². The lowest BCUT2D eigenvalue weighted by Gasteiger charge is -2.51. The Morgan fingerprint density at radius 2 is 1.89 bits per heavy atom. The fraction of sp³-hybridized carbons (Fsp3) is 1.00. The zero-order chi connectivity index (χ0) is 13.7. The van der Waals surface area contributed by atoms with Gasteiger partial charge in [0, 0.05) is 29.9 Å². The van der Waals surface area contributed by atoms with Gasteiger partial charge in [-0.15, -0.1) is 0 Å². The van der Waals surface area contributed by atoms with Crippen LogP contribution in [0.15, 0.2) is 0 Å². The van der Waals surface area contributed by atoms with E-state index < -0.39 is 0 Å². The van der Waals surface area contributed by atoms with Crippen LogP contribution >= 0.6 is 11.8 Å². The number of nitrogens with zero attached hydrogens (tertiary/aromatic N) is 1. The maximum absolute atomic E-state index is 3.77. The summed E-state index contributed by atoms with van der Waals surface area (Å²) in [4.78, 5) is 2.89. The van der Waals surface area contributed by atoms with Crippen LogP contribution in [-0.4, -0.2) is 47.1 Å². The van der Waals surface area contributed by atoms with Crippen molar-refractivity contribution >= 4 is 11.8 Å². The van der Waals surface area contributed by atoms with Crippen LogP contribution in [0.4, 0.5) is 0 Å². The summed E-state index contributed by atoms with van der Waals surface area (Å²) in [5.41, 5.74) is 0. The molecule has 0 amide bonds. The first kappa shape index (κ1) is 15.7. The molecule has 0 spiro atoms. The van der Waals surface area contributed by atoms with Crippen LogP contribution in [0.3, 0.4) is 0 Å². The SMILES string of the molecule is CCCNC1CC2CCCC(C1)N2C(C)CSCC. The Balaban J connectivity index is 1.91. The van der Waals surface area contributed by atoms with Crippen LogP contribution in [0, 0.1) is 0 Å².